The lowest BCUT2D eigenvalue weighted by molar-refractivity contribution is -0.138. The predicted molar refractivity (Wildman–Crippen MR) is 112 cm³/mol. The van der Waals surface area contributed by atoms with Crippen LogP contribution in [-0.2, 0) is 11.2 Å². The Morgan fingerprint density at radius 2 is 1.81 bits per heavy atom. The molecule has 0 spiro atoms. The molecule has 0 saturated carbocycles. The van der Waals surface area contributed by atoms with Crippen LogP contribution in [0.15, 0.2) is 30.3 Å². The number of hydrogen-bond acceptors (Lipinski definition) is 3. The summed E-state index contributed by atoms with van der Waals surface area (Å²) >= 11 is 0. The molecule has 3 rings (SSSR count). The van der Waals surface area contributed by atoms with E-state index < -0.39 is 0 Å². The zero-order chi connectivity index (χ0) is 19.2. The van der Waals surface area contributed by atoms with Gasteiger partial charge in [-0.15, -0.1) is 0 Å². The first-order valence-electron chi connectivity index (χ1n) is 10.8. The molecule has 27 heavy (non-hydrogen) atoms. The Hall–Kier alpha value is -1.39. The summed E-state index contributed by atoms with van der Waals surface area (Å²) in [6.45, 7) is 9.88. The topological polar surface area (TPSA) is 26.8 Å². The van der Waals surface area contributed by atoms with E-state index in [9.17, 15) is 4.79 Å². The van der Waals surface area contributed by atoms with Crippen LogP contribution in [0.25, 0.3) is 0 Å². The van der Waals surface area contributed by atoms with E-state index in [1.165, 1.54) is 38.0 Å². The van der Waals surface area contributed by atoms with Gasteiger partial charge in [-0.2, -0.15) is 0 Å². The molecule has 0 aliphatic carbocycles. The molecule has 1 atom stereocenters. The number of nitrogens with zero attached hydrogens (tertiary/aromatic N) is 3. The number of amides is 1. The molecule has 2 saturated heterocycles. The minimum Gasteiger partial charge on any atom is -0.343 e. The van der Waals surface area contributed by atoms with Crippen molar-refractivity contribution < 1.29 is 4.79 Å². The van der Waals surface area contributed by atoms with Crippen molar-refractivity contribution in [2.45, 2.75) is 58.0 Å². The van der Waals surface area contributed by atoms with Crippen molar-refractivity contribution in [2.24, 2.45) is 5.92 Å². The van der Waals surface area contributed by atoms with Gasteiger partial charge in [0.25, 0.3) is 0 Å². The number of benzene rings is 1. The smallest absolute Gasteiger partial charge is 0.226 e. The van der Waals surface area contributed by atoms with E-state index in [1.54, 1.807) is 0 Å². The standard InChI is InChI=1S/C23H37N3O/c1-19(2)24(3)23(27)21-10-7-14-26(18-21)22-12-16-25(17-13-22)15-11-20-8-5-4-6-9-20/h4-6,8-9,19,21-22H,7,10-18H2,1-3H3/t21-/m0/s1. The Labute approximate surface area is 165 Å². The van der Waals surface area contributed by atoms with Crippen molar-refractivity contribution in [1.29, 1.82) is 0 Å². The lowest BCUT2D eigenvalue weighted by Crippen LogP contribution is -2.51. The second-order valence-electron chi connectivity index (χ2n) is 8.69. The first-order chi connectivity index (χ1) is 13.0. The molecule has 1 aromatic rings. The van der Waals surface area contributed by atoms with E-state index in [0.717, 1.165) is 32.4 Å². The maximum Gasteiger partial charge on any atom is 0.226 e. The molecule has 0 N–H and O–H groups in total. The van der Waals surface area contributed by atoms with Crippen LogP contribution in [0.1, 0.15) is 45.1 Å². The van der Waals surface area contributed by atoms with Gasteiger partial charge in [-0.05, 0) is 71.1 Å². The minimum absolute atomic E-state index is 0.197. The van der Waals surface area contributed by atoms with E-state index in [-0.39, 0.29) is 5.92 Å². The van der Waals surface area contributed by atoms with Crippen LogP contribution in [0.4, 0.5) is 0 Å². The Morgan fingerprint density at radius 3 is 2.48 bits per heavy atom. The van der Waals surface area contributed by atoms with Gasteiger partial charge in [-0.25, -0.2) is 0 Å². The fraction of sp³-hybridized carbons (Fsp3) is 0.696. The normalized spacial score (nSPS) is 22.9. The Morgan fingerprint density at radius 1 is 1.11 bits per heavy atom. The van der Waals surface area contributed by atoms with Gasteiger partial charge >= 0.3 is 0 Å². The van der Waals surface area contributed by atoms with Crippen LogP contribution in [-0.4, -0.2) is 72.5 Å². The summed E-state index contributed by atoms with van der Waals surface area (Å²) in [6.07, 6.45) is 5.86. The van der Waals surface area contributed by atoms with Gasteiger partial charge < -0.3 is 9.80 Å². The maximum atomic E-state index is 12.7. The highest BCUT2D eigenvalue weighted by atomic mass is 16.2. The summed E-state index contributed by atoms with van der Waals surface area (Å²) in [7, 11) is 1.96. The molecule has 4 nitrogen and oxygen atoms in total. The minimum atomic E-state index is 0.197. The molecular formula is C23H37N3O. The number of carbonyl (C=O) groups excluding carboxylic acids is 1. The molecule has 0 aromatic heterocycles. The summed E-state index contributed by atoms with van der Waals surface area (Å²) in [4.78, 5) is 19.9. The van der Waals surface area contributed by atoms with Crippen molar-refractivity contribution in [2.75, 3.05) is 39.8 Å². The van der Waals surface area contributed by atoms with Crippen LogP contribution in [0.5, 0.6) is 0 Å². The first kappa shape index (κ1) is 20.3. The van der Waals surface area contributed by atoms with Gasteiger partial charge in [0.05, 0.1) is 5.92 Å². The highest BCUT2D eigenvalue weighted by Crippen LogP contribution is 2.25. The molecule has 1 amide bonds. The van der Waals surface area contributed by atoms with Gasteiger partial charge in [0, 0.05) is 32.2 Å². The molecule has 2 fully saturated rings. The number of hydrogen-bond donors (Lipinski definition) is 0. The zero-order valence-electron chi connectivity index (χ0n) is 17.4. The largest absolute Gasteiger partial charge is 0.343 e. The lowest BCUT2D eigenvalue weighted by atomic mass is 9.92. The number of likely N-dealkylation sites (tertiary alicyclic amines) is 2. The monoisotopic (exact) mass is 371 g/mol. The fourth-order valence-electron chi connectivity index (χ4n) is 4.52. The van der Waals surface area contributed by atoms with Crippen molar-refractivity contribution in [3.8, 4) is 0 Å². The summed E-state index contributed by atoms with van der Waals surface area (Å²) < 4.78 is 0. The molecule has 2 aliphatic rings. The van der Waals surface area contributed by atoms with Crippen molar-refractivity contribution in [3.05, 3.63) is 35.9 Å². The SMILES string of the molecule is CC(C)N(C)C(=O)[C@H]1CCCN(C2CCN(CCc3ccccc3)CC2)C1. The molecule has 1 aromatic carbocycles. The average molecular weight is 372 g/mol. The van der Waals surface area contributed by atoms with E-state index >= 15 is 0 Å². The van der Waals surface area contributed by atoms with Gasteiger partial charge in [0.2, 0.25) is 5.91 Å². The van der Waals surface area contributed by atoms with E-state index in [4.69, 9.17) is 0 Å². The summed E-state index contributed by atoms with van der Waals surface area (Å²) in [5.41, 5.74) is 1.44. The zero-order valence-corrected chi connectivity index (χ0v) is 17.4. The number of carbonyl (C=O) groups is 1. The average Bonchev–Trinajstić information content (AvgIpc) is 2.72. The molecule has 2 heterocycles. The van der Waals surface area contributed by atoms with Crippen molar-refractivity contribution in [3.63, 3.8) is 0 Å². The van der Waals surface area contributed by atoms with Crippen LogP contribution in [0.2, 0.25) is 0 Å². The van der Waals surface area contributed by atoms with Gasteiger partial charge in [-0.3, -0.25) is 9.69 Å². The predicted octanol–water partition coefficient (Wildman–Crippen LogP) is 3.27. The second-order valence-corrected chi connectivity index (χ2v) is 8.69. The fourth-order valence-corrected chi connectivity index (χ4v) is 4.52. The third kappa shape index (κ3) is 5.55. The van der Waals surface area contributed by atoms with Crippen LogP contribution < -0.4 is 0 Å². The van der Waals surface area contributed by atoms with Crippen molar-refractivity contribution in [1.82, 2.24) is 14.7 Å². The second kappa shape index (κ2) is 9.70. The van der Waals surface area contributed by atoms with Crippen LogP contribution in [0, 0.1) is 5.92 Å². The molecule has 150 valence electrons. The third-order valence-corrected chi connectivity index (χ3v) is 6.56. The molecule has 4 heteroatoms. The molecule has 0 bridgehead atoms. The highest BCUT2D eigenvalue weighted by molar-refractivity contribution is 5.79. The van der Waals surface area contributed by atoms with E-state index in [2.05, 4.69) is 54.0 Å². The Bertz CT molecular complexity index is 581. The van der Waals surface area contributed by atoms with Gasteiger partial charge in [0.1, 0.15) is 0 Å². The summed E-state index contributed by atoms with van der Waals surface area (Å²) in [5, 5.41) is 0. The summed E-state index contributed by atoms with van der Waals surface area (Å²) in [6, 6.07) is 11.8. The van der Waals surface area contributed by atoms with Crippen LogP contribution in [0.3, 0.4) is 0 Å². The molecule has 0 radical (unpaired) electrons. The first-order valence-corrected chi connectivity index (χ1v) is 10.8. The lowest BCUT2D eigenvalue weighted by Gasteiger charge is -2.42. The third-order valence-electron chi connectivity index (χ3n) is 6.56. The molecular weight excluding hydrogens is 334 g/mol. The van der Waals surface area contributed by atoms with Crippen LogP contribution >= 0.6 is 0 Å². The van der Waals surface area contributed by atoms with Crippen molar-refractivity contribution >= 4 is 5.91 Å². The highest BCUT2D eigenvalue weighted by Gasteiger charge is 2.33. The van der Waals surface area contributed by atoms with Gasteiger partial charge in [0.15, 0.2) is 0 Å². The van der Waals surface area contributed by atoms with Gasteiger partial charge in [-0.1, -0.05) is 30.3 Å². The molecule has 2 aliphatic heterocycles. The Balaban J connectivity index is 1.44. The Kier molecular flexibility index (Phi) is 7.31. The van der Waals surface area contributed by atoms with E-state index in [1.807, 2.05) is 11.9 Å². The van der Waals surface area contributed by atoms with E-state index in [0.29, 0.717) is 18.0 Å². The maximum absolute atomic E-state index is 12.7. The quantitative estimate of drug-likeness (QED) is 0.768. The number of rotatable bonds is 6. The summed E-state index contributed by atoms with van der Waals surface area (Å²) in [5.74, 6) is 0.539. The number of piperidine rings is 2. The molecule has 0 unspecified atom stereocenters.